The van der Waals surface area contributed by atoms with Gasteiger partial charge >= 0.3 is 23.9 Å². The highest BCUT2D eigenvalue weighted by Gasteiger charge is 2.16. The average molecular weight is 989 g/mol. The Labute approximate surface area is 432 Å². The molecule has 384 valence electrons. The fourth-order valence-corrected chi connectivity index (χ4v) is 8.72. The quantitative estimate of drug-likeness (QED) is 0.0241. The first-order chi connectivity index (χ1) is 35.7. The van der Waals surface area contributed by atoms with Crippen molar-refractivity contribution >= 4 is 23.9 Å². The summed E-state index contributed by atoms with van der Waals surface area (Å²) in [7, 11) is 0. The third-order valence-corrected chi connectivity index (χ3v) is 13.1. The summed E-state index contributed by atoms with van der Waals surface area (Å²) in [5.41, 5.74) is 4.35. The molecule has 0 aliphatic rings. The average Bonchev–Trinajstić information content (AvgIpc) is 3.41. The minimum absolute atomic E-state index is 0.117. The van der Waals surface area contributed by atoms with Crippen molar-refractivity contribution in [1.29, 1.82) is 0 Å². The van der Waals surface area contributed by atoms with Gasteiger partial charge in [-0.2, -0.15) is 0 Å². The highest BCUT2D eigenvalue weighted by Crippen LogP contribution is 2.30. The van der Waals surface area contributed by atoms with Crippen LogP contribution in [0, 0.1) is 5.82 Å². The molecule has 6 aromatic rings. The van der Waals surface area contributed by atoms with Gasteiger partial charge in [-0.15, -0.1) is 0 Å². The van der Waals surface area contributed by atoms with Crippen molar-refractivity contribution in [2.75, 3.05) is 0 Å². The number of halogens is 1. The molecule has 0 unspecified atom stereocenters. The molecule has 0 atom stereocenters. The van der Waals surface area contributed by atoms with E-state index in [9.17, 15) is 19.2 Å². The summed E-state index contributed by atoms with van der Waals surface area (Å²) in [6.07, 6.45) is 27.8. The van der Waals surface area contributed by atoms with Crippen LogP contribution in [0.3, 0.4) is 0 Å². The van der Waals surface area contributed by atoms with Gasteiger partial charge in [0, 0.05) is 5.56 Å². The second-order valence-corrected chi connectivity index (χ2v) is 19.0. The Morgan fingerprint density at radius 1 is 0.329 bits per heavy atom. The van der Waals surface area contributed by atoms with E-state index in [4.69, 9.17) is 18.9 Å². The number of hydrogen-bond donors (Lipinski definition) is 0. The Bertz CT molecular complexity index is 2600. The summed E-state index contributed by atoms with van der Waals surface area (Å²) < 4.78 is 37.4. The van der Waals surface area contributed by atoms with Crippen LogP contribution in [0.4, 0.5) is 4.39 Å². The first-order valence-electron chi connectivity index (χ1n) is 26.9. The zero-order valence-corrected chi connectivity index (χ0v) is 43.0. The van der Waals surface area contributed by atoms with Gasteiger partial charge in [0.15, 0.2) is 0 Å². The fourth-order valence-electron chi connectivity index (χ4n) is 8.72. The summed E-state index contributed by atoms with van der Waals surface area (Å²) in [5.74, 6) is -1.93. The van der Waals surface area contributed by atoms with Crippen molar-refractivity contribution in [3.63, 3.8) is 0 Å². The molecule has 0 heterocycles. The molecule has 0 bridgehead atoms. The molecule has 73 heavy (non-hydrogen) atoms. The van der Waals surface area contributed by atoms with Crippen LogP contribution >= 0.6 is 0 Å². The number of ether oxygens (including phenoxy) is 4. The predicted molar refractivity (Wildman–Crippen MR) is 289 cm³/mol. The van der Waals surface area contributed by atoms with Crippen LogP contribution in [0.1, 0.15) is 195 Å². The number of benzene rings is 6. The van der Waals surface area contributed by atoms with E-state index < -0.39 is 29.7 Å². The number of rotatable bonds is 31. The van der Waals surface area contributed by atoms with E-state index in [2.05, 4.69) is 13.8 Å². The van der Waals surface area contributed by atoms with Gasteiger partial charge in [0.2, 0.25) is 0 Å². The van der Waals surface area contributed by atoms with E-state index in [-0.39, 0.29) is 39.7 Å². The number of hydrogen-bond acceptors (Lipinski definition) is 8. The van der Waals surface area contributed by atoms with Crippen LogP contribution in [-0.2, 0) is 12.8 Å². The Morgan fingerprint density at radius 3 is 0.945 bits per heavy atom. The maximum absolute atomic E-state index is 15.1. The molecular formula is C64H73FO8. The lowest BCUT2D eigenvalue weighted by molar-refractivity contribution is 0.0720. The molecule has 0 aromatic heterocycles. The highest BCUT2D eigenvalue weighted by molar-refractivity contribution is 5.94. The van der Waals surface area contributed by atoms with Gasteiger partial charge in [0.1, 0.15) is 28.8 Å². The number of unbranched alkanes of at least 4 members (excludes halogenated alkanes) is 18. The SMILES string of the molecule is CCCCCCCCCCCCc1ccc(C(=O)Oc2ccc(C(=O)Oc3ccc(-c4cc(OC(=O)c5ccc(OC(=O)c6ccc(CCCCCCCCCCCC)cc6)cc5)ccc4F)cc3)cc2)cc1. The number of esters is 4. The Kier molecular flexibility index (Phi) is 23.5. The molecule has 0 radical (unpaired) electrons. The predicted octanol–water partition coefficient (Wildman–Crippen LogP) is 17.3. The molecule has 0 amide bonds. The molecule has 0 spiro atoms. The van der Waals surface area contributed by atoms with E-state index in [0.717, 1.165) is 25.7 Å². The van der Waals surface area contributed by atoms with Gasteiger partial charge in [0.05, 0.1) is 22.3 Å². The lowest BCUT2D eigenvalue weighted by Crippen LogP contribution is -2.10. The van der Waals surface area contributed by atoms with E-state index in [1.165, 1.54) is 206 Å². The Balaban J connectivity index is 0.901. The fraction of sp³-hybridized carbons (Fsp3) is 0.375. The molecule has 0 aliphatic carbocycles. The van der Waals surface area contributed by atoms with Crippen LogP contribution in [0.25, 0.3) is 11.1 Å². The molecule has 8 nitrogen and oxygen atoms in total. The number of aryl methyl sites for hydroxylation is 2. The smallest absolute Gasteiger partial charge is 0.343 e. The minimum atomic E-state index is -0.679. The van der Waals surface area contributed by atoms with Gasteiger partial charge in [-0.25, -0.2) is 23.6 Å². The summed E-state index contributed by atoms with van der Waals surface area (Å²) in [4.78, 5) is 51.9. The third kappa shape index (κ3) is 19.2. The first kappa shape index (κ1) is 55.4. The number of carbonyl (C=O) groups is 4. The van der Waals surface area contributed by atoms with Crippen molar-refractivity contribution in [3.05, 3.63) is 179 Å². The monoisotopic (exact) mass is 989 g/mol. The second kappa shape index (κ2) is 30.9. The standard InChI is InChI=1S/C64H73FO8/c1-3-5-7-9-11-13-15-17-19-21-23-48-25-29-51(30-26-48)61(66)71-56-41-35-53(36-42-56)63(68)70-55-39-33-50(34-40-55)59-47-58(45-46-60(59)65)73-64(69)54-37-43-57(44-38-54)72-62(67)52-31-27-49(28-32-52)24-22-20-18-16-14-12-10-8-6-4-2/h25-47H,3-24H2,1-2H3. The highest BCUT2D eigenvalue weighted by atomic mass is 19.1. The largest absolute Gasteiger partial charge is 0.423 e. The van der Waals surface area contributed by atoms with Crippen molar-refractivity contribution in [2.45, 2.75) is 155 Å². The van der Waals surface area contributed by atoms with E-state index in [1.54, 1.807) is 36.4 Å². The Hall–Kier alpha value is -6.87. The van der Waals surface area contributed by atoms with Crippen molar-refractivity contribution in [1.82, 2.24) is 0 Å². The van der Waals surface area contributed by atoms with E-state index >= 15 is 4.39 Å². The zero-order chi connectivity index (χ0) is 51.5. The van der Waals surface area contributed by atoms with Crippen LogP contribution < -0.4 is 18.9 Å². The summed E-state index contributed by atoms with van der Waals surface area (Å²) in [5, 5.41) is 0. The molecule has 0 aliphatic heterocycles. The van der Waals surface area contributed by atoms with Gasteiger partial charge in [-0.1, -0.05) is 166 Å². The first-order valence-corrected chi connectivity index (χ1v) is 26.9. The lowest BCUT2D eigenvalue weighted by Gasteiger charge is -2.10. The van der Waals surface area contributed by atoms with Crippen LogP contribution in [-0.4, -0.2) is 23.9 Å². The van der Waals surface area contributed by atoms with Crippen molar-refractivity contribution < 1.29 is 42.5 Å². The van der Waals surface area contributed by atoms with Gasteiger partial charge < -0.3 is 18.9 Å². The van der Waals surface area contributed by atoms with Crippen molar-refractivity contribution in [3.8, 4) is 34.1 Å². The second-order valence-electron chi connectivity index (χ2n) is 19.0. The third-order valence-electron chi connectivity index (χ3n) is 13.1. The topological polar surface area (TPSA) is 105 Å². The molecule has 6 aromatic carbocycles. The molecule has 9 heteroatoms. The van der Waals surface area contributed by atoms with E-state index in [1.807, 2.05) is 24.3 Å². The van der Waals surface area contributed by atoms with Crippen LogP contribution in [0.5, 0.6) is 23.0 Å². The number of carbonyl (C=O) groups excluding carboxylic acids is 4. The summed E-state index contributed by atoms with van der Waals surface area (Å²) in [6.45, 7) is 4.49. The minimum Gasteiger partial charge on any atom is -0.423 e. The van der Waals surface area contributed by atoms with E-state index in [0.29, 0.717) is 16.7 Å². The molecule has 0 saturated carbocycles. The molecule has 0 saturated heterocycles. The zero-order valence-electron chi connectivity index (χ0n) is 43.0. The maximum Gasteiger partial charge on any atom is 0.343 e. The molecule has 6 rings (SSSR count). The van der Waals surface area contributed by atoms with Crippen LogP contribution in [0.15, 0.2) is 140 Å². The Morgan fingerprint density at radius 2 is 0.603 bits per heavy atom. The van der Waals surface area contributed by atoms with Crippen molar-refractivity contribution in [2.24, 2.45) is 0 Å². The summed E-state index contributed by atoms with van der Waals surface area (Å²) in [6, 6.07) is 37.4. The molecular weight excluding hydrogens is 916 g/mol. The molecule has 0 N–H and O–H groups in total. The maximum atomic E-state index is 15.1. The van der Waals surface area contributed by atoms with Gasteiger partial charge in [-0.3, -0.25) is 0 Å². The lowest BCUT2D eigenvalue weighted by atomic mass is 10.0. The van der Waals surface area contributed by atoms with Crippen LogP contribution in [0.2, 0.25) is 0 Å². The summed E-state index contributed by atoms with van der Waals surface area (Å²) >= 11 is 0. The van der Waals surface area contributed by atoms with Gasteiger partial charge in [0.25, 0.3) is 0 Å². The molecule has 0 fully saturated rings. The normalized spacial score (nSPS) is 11.0. The van der Waals surface area contributed by atoms with Gasteiger partial charge in [-0.05, 0) is 146 Å².